The number of benzene rings is 2. The molecule has 5 heteroatoms. The lowest BCUT2D eigenvalue weighted by atomic mass is 10.2. The molecule has 25 heavy (non-hydrogen) atoms. The monoisotopic (exact) mass is 352 g/mol. The number of amides is 1. The highest BCUT2D eigenvalue weighted by molar-refractivity contribution is 7.09. The highest BCUT2D eigenvalue weighted by atomic mass is 32.1. The van der Waals surface area contributed by atoms with Crippen LogP contribution in [0.1, 0.15) is 21.8 Å². The molecule has 0 bridgehead atoms. The Labute approximate surface area is 151 Å². The molecule has 0 fully saturated rings. The third-order valence-corrected chi connectivity index (χ3v) is 4.48. The zero-order valence-electron chi connectivity index (χ0n) is 14.3. The van der Waals surface area contributed by atoms with E-state index in [0.29, 0.717) is 18.0 Å². The summed E-state index contributed by atoms with van der Waals surface area (Å²) in [6.45, 7) is 4.39. The van der Waals surface area contributed by atoms with Gasteiger partial charge in [-0.1, -0.05) is 36.4 Å². The molecule has 2 aromatic carbocycles. The number of carbonyl (C=O) groups is 1. The van der Waals surface area contributed by atoms with Gasteiger partial charge in [-0.15, -0.1) is 11.3 Å². The van der Waals surface area contributed by atoms with Gasteiger partial charge in [0, 0.05) is 5.38 Å². The van der Waals surface area contributed by atoms with Crippen LogP contribution in [-0.2, 0) is 17.8 Å². The van der Waals surface area contributed by atoms with Crippen LogP contribution < -0.4 is 10.1 Å². The zero-order chi connectivity index (χ0) is 17.6. The third kappa shape index (κ3) is 4.90. The van der Waals surface area contributed by atoms with Crippen molar-refractivity contribution in [1.82, 2.24) is 4.98 Å². The summed E-state index contributed by atoms with van der Waals surface area (Å²) in [6.07, 6.45) is 0.260. The number of hydrogen-bond donors (Lipinski definition) is 1. The summed E-state index contributed by atoms with van der Waals surface area (Å²) < 4.78 is 5.93. The third-order valence-electron chi connectivity index (χ3n) is 3.66. The Morgan fingerprint density at radius 1 is 1.16 bits per heavy atom. The minimum atomic E-state index is -0.0984. The second-order valence-corrected chi connectivity index (χ2v) is 6.92. The number of aromatic nitrogens is 1. The minimum Gasteiger partial charge on any atom is -0.487 e. The summed E-state index contributed by atoms with van der Waals surface area (Å²) in [4.78, 5) is 16.6. The predicted molar refractivity (Wildman–Crippen MR) is 101 cm³/mol. The van der Waals surface area contributed by atoms with Crippen molar-refractivity contribution < 1.29 is 9.53 Å². The molecule has 3 aromatic rings. The van der Waals surface area contributed by atoms with Gasteiger partial charge in [0.2, 0.25) is 5.91 Å². The predicted octanol–water partition coefficient (Wildman–Crippen LogP) is 4.52. The van der Waals surface area contributed by atoms with Gasteiger partial charge < -0.3 is 10.1 Å². The summed E-state index contributed by atoms with van der Waals surface area (Å²) >= 11 is 1.55. The average molecular weight is 352 g/mol. The van der Waals surface area contributed by atoms with Crippen LogP contribution in [0.3, 0.4) is 0 Å². The molecule has 0 radical (unpaired) electrons. The maximum absolute atomic E-state index is 12.3. The molecule has 0 aliphatic heterocycles. The van der Waals surface area contributed by atoms with Gasteiger partial charge in [-0.25, -0.2) is 4.98 Å². The SMILES string of the molecule is Cc1ccc(NC(=O)Cc2csc(C)n2)c(OCc2ccccc2)c1. The van der Waals surface area contributed by atoms with E-state index < -0.39 is 0 Å². The molecule has 1 heterocycles. The van der Waals surface area contributed by atoms with Crippen LogP contribution in [0.4, 0.5) is 5.69 Å². The number of nitrogens with one attached hydrogen (secondary N) is 1. The quantitative estimate of drug-likeness (QED) is 0.709. The Hall–Kier alpha value is -2.66. The van der Waals surface area contributed by atoms with E-state index in [1.165, 1.54) is 0 Å². The topological polar surface area (TPSA) is 51.2 Å². The van der Waals surface area contributed by atoms with Crippen molar-refractivity contribution in [2.45, 2.75) is 26.9 Å². The molecular formula is C20H20N2O2S. The van der Waals surface area contributed by atoms with E-state index in [1.54, 1.807) is 11.3 Å². The Morgan fingerprint density at radius 3 is 2.68 bits per heavy atom. The van der Waals surface area contributed by atoms with Gasteiger partial charge in [-0.3, -0.25) is 4.79 Å². The van der Waals surface area contributed by atoms with Crippen LogP contribution in [-0.4, -0.2) is 10.9 Å². The molecular weight excluding hydrogens is 332 g/mol. The second-order valence-electron chi connectivity index (χ2n) is 5.86. The summed E-state index contributed by atoms with van der Waals surface area (Å²) in [6, 6.07) is 15.7. The summed E-state index contributed by atoms with van der Waals surface area (Å²) in [5.74, 6) is 0.574. The van der Waals surface area contributed by atoms with Crippen LogP contribution in [0, 0.1) is 13.8 Å². The fraction of sp³-hybridized carbons (Fsp3) is 0.200. The van der Waals surface area contributed by atoms with Gasteiger partial charge in [0.05, 0.1) is 22.8 Å². The van der Waals surface area contributed by atoms with Gasteiger partial charge in [-0.2, -0.15) is 0 Å². The Kier molecular flexibility index (Phi) is 5.46. The molecule has 0 spiro atoms. The highest BCUT2D eigenvalue weighted by Crippen LogP contribution is 2.27. The first-order chi connectivity index (χ1) is 12.1. The first-order valence-electron chi connectivity index (χ1n) is 8.08. The van der Waals surface area contributed by atoms with E-state index >= 15 is 0 Å². The van der Waals surface area contributed by atoms with Crippen molar-refractivity contribution in [2.24, 2.45) is 0 Å². The van der Waals surface area contributed by atoms with E-state index in [9.17, 15) is 4.79 Å². The molecule has 3 rings (SSSR count). The Morgan fingerprint density at radius 2 is 1.96 bits per heavy atom. The van der Waals surface area contributed by atoms with E-state index in [4.69, 9.17) is 4.74 Å². The van der Waals surface area contributed by atoms with Gasteiger partial charge in [0.1, 0.15) is 12.4 Å². The number of ether oxygens (including phenoxy) is 1. The number of thiazole rings is 1. The number of nitrogens with zero attached hydrogens (tertiary/aromatic N) is 1. The molecule has 1 amide bonds. The number of carbonyl (C=O) groups excluding carboxylic acids is 1. The lowest BCUT2D eigenvalue weighted by Gasteiger charge is -2.13. The van der Waals surface area contributed by atoms with E-state index in [-0.39, 0.29) is 12.3 Å². The van der Waals surface area contributed by atoms with Crippen molar-refractivity contribution in [3.63, 3.8) is 0 Å². The maximum atomic E-state index is 12.3. The van der Waals surface area contributed by atoms with E-state index in [0.717, 1.165) is 21.8 Å². The van der Waals surface area contributed by atoms with Gasteiger partial charge >= 0.3 is 0 Å². The molecule has 1 aromatic heterocycles. The molecule has 0 saturated heterocycles. The molecule has 128 valence electrons. The largest absolute Gasteiger partial charge is 0.487 e. The number of aryl methyl sites for hydroxylation is 2. The average Bonchev–Trinajstić information content (AvgIpc) is 3.00. The lowest BCUT2D eigenvalue weighted by molar-refractivity contribution is -0.115. The molecule has 0 saturated carbocycles. The summed E-state index contributed by atoms with van der Waals surface area (Å²) in [5.41, 5.74) is 3.63. The Balaban J connectivity index is 1.69. The van der Waals surface area contributed by atoms with Crippen molar-refractivity contribution in [2.75, 3.05) is 5.32 Å². The number of hydrogen-bond acceptors (Lipinski definition) is 4. The molecule has 0 aliphatic rings. The maximum Gasteiger partial charge on any atom is 0.230 e. The lowest BCUT2D eigenvalue weighted by Crippen LogP contribution is -2.15. The van der Waals surface area contributed by atoms with E-state index in [1.807, 2.05) is 67.8 Å². The molecule has 0 unspecified atom stereocenters. The van der Waals surface area contributed by atoms with E-state index in [2.05, 4.69) is 10.3 Å². The molecule has 1 N–H and O–H groups in total. The van der Waals surface area contributed by atoms with Crippen LogP contribution >= 0.6 is 11.3 Å². The second kappa shape index (κ2) is 7.94. The zero-order valence-corrected chi connectivity index (χ0v) is 15.1. The smallest absolute Gasteiger partial charge is 0.230 e. The van der Waals surface area contributed by atoms with Crippen molar-refractivity contribution in [1.29, 1.82) is 0 Å². The van der Waals surface area contributed by atoms with Crippen molar-refractivity contribution in [3.05, 3.63) is 75.7 Å². The Bertz CT molecular complexity index is 859. The minimum absolute atomic E-state index is 0.0984. The van der Waals surface area contributed by atoms with Gasteiger partial charge in [0.25, 0.3) is 0 Å². The van der Waals surface area contributed by atoms with Crippen LogP contribution in [0.15, 0.2) is 53.9 Å². The van der Waals surface area contributed by atoms with Crippen LogP contribution in [0.25, 0.3) is 0 Å². The van der Waals surface area contributed by atoms with Gasteiger partial charge in [0.15, 0.2) is 0 Å². The molecule has 0 atom stereocenters. The van der Waals surface area contributed by atoms with Crippen molar-refractivity contribution in [3.8, 4) is 5.75 Å². The highest BCUT2D eigenvalue weighted by Gasteiger charge is 2.11. The summed E-state index contributed by atoms with van der Waals surface area (Å²) in [7, 11) is 0. The molecule has 0 aliphatic carbocycles. The molecule has 4 nitrogen and oxygen atoms in total. The summed E-state index contributed by atoms with van der Waals surface area (Å²) in [5, 5.41) is 5.81. The fourth-order valence-corrected chi connectivity index (χ4v) is 3.05. The number of rotatable bonds is 6. The number of anilines is 1. The first-order valence-corrected chi connectivity index (χ1v) is 8.96. The standard InChI is InChI=1S/C20H20N2O2S/c1-14-8-9-18(22-20(23)11-17-13-25-15(2)21-17)19(10-14)24-12-16-6-4-3-5-7-16/h3-10,13H,11-12H2,1-2H3,(H,22,23). The van der Waals surface area contributed by atoms with Crippen LogP contribution in [0.2, 0.25) is 0 Å². The first kappa shape index (κ1) is 17.2. The normalized spacial score (nSPS) is 10.5. The van der Waals surface area contributed by atoms with Gasteiger partial charge in [-0.05, 0) is 37.1 Å². The van der Waals surface area contributed by atoms with Crippen molar-refractivity contribution >= 4 is 22.9 Å². The van der Waals surface area contributed by atoms with Crippen LogP contribution in [0.5, 0.6) is 5.75 Å². The fourth-order valence-electron chi connectivity index (χ4n) is 2.44.